The first-order chi connectivity index (χ1) is 9.69. The van der Waals surface area contributed by atoms with Crippen molar-refractivity contribution in [2.75, 3.05) is 19.8 Å². The van der Waals surface area contributed by atoms with E-state index < -0.39 is 0 Å². The van der Waals surface area contributed by atoms with E-state index in [0.29, 0.717) is 31.3 Å². The van der Waals surface area contributed by atoms with Gasteiger partial charge in [-0.15, -0.1) is 0 Å². The summed E-state index contributed by atoms with van der Waals surface area (Å²) in [6.07, 6.45) is 1.95. The SMILES string of the molecule is CCCC(N)c1ccc(OCC)c(OCC)c1OCC. The number of ether oxygens (including phenoxy) is 3. The Bertz CT molecular complexity index is 407. The van der Waals surface area contributed by atoms with Gasteiger partial charge < -0.3 is 19.9 Å². The lowest BCUT2D eigenvalue weighted by molar-refractivity contribution is 0.258. The first-order valence-corrected chi connectivity index (χ1v) is 7.50. The molecule has 1 unspecified atom stereocenters. The van der Waals surface area contributed by atoms with E-state index in [9.17, 15) is 0 Å². The standard InChI is InChI=1S/C16H27NO3/c1-5-9-13(17)12-10-11-14(18-6-2)16(20-8-4)15(12)19-7-3/h10-11,13H,5-9,17H2,1-4H3. The molecule has 0 bridgehead atoms. The van der Waals surface area contributed by atoms with E-state index in [2.05, 4.69) is 6.92 Å². The van der Waals surface area contributed by atoms with Crippen LogP contribution in [0.3, 0.4) is 0 Å². The maximum absolute atomic E-state index is 6.25. The van der Waals surface area contributed by atoms with E-state index in [4.69, 9.17) is 19.9 Å². The highest BCUT2D eigenvalue weighted by atomic mass is 16.5. The van der Waals surface area contributed by atoms with Crippen LogP contribution < -0.4 is 19.9 Å². The molecule has 0 saturated heterocycles. The summed E-state index contributed by atoms with van der Waals surface area (Å²) in [5, 5.41) is 0. The zero-order chi connectivity index (χ0) is 15.0. The molecular weight excluding hydrogens is 254 g/mol. The first-order valence-electron chi connectivity index (χ1n) is 7.50. The average Bonchev–Trinajstić information content (AvgIpc) is 2.43. The number of benzene rings is 1. The molecule has 0 spiro atoms. The van der Waals surface area contributed by atoms with E-state index in [1.165, 1.54) is 0 Å². The van der Waals surface area contributed by atoms with Gasteiger partial charge in [0.15, 0.2) is 11.5 Å². The lowest BCUT2D eigenvalue weighted by Crippen LogP contribution is -2.13. The highest BCUT2D eigenvalue weighted by Gasteiger charge is 2.20. The van der Waals surface area contributed by atoms with Crippen LogP contribution in [-0.2, 0) is 0 Å². The Labute approximate surface area is 122 Å². The van der Waals surface area contributed by atoms with Gasteiger partial charge in [0.05, 0.1) is 19.8 Å². The monoisotopic (exact) mass is 281 g/mol. The molecule has 0 fully saturated rings. The highest BCUT2D eigenvalue weighted by molar-refractivity contribution is 5.56. The van der Waals surface area contributed by atoms with Gasteiger partial charge in [0.2, 0.25) is 5.75 Å². The van der Waals surface area contributed by atoms with Crippen molar-refractivity contribution in [2.24, 2.45) is 5.73 Å². The third-order valence-corrected chi connectivity index (χ3v) is 2.98. The van der Waals surface area contributed by atoms with Gasteiger partial charge in [0.1, 0.15) is 0 Å². The number of hydrogen-bond donors (Lipinski definition) is 1. The fourth-order valence-corrected chi connectivity index (χ4v) is 2.16. The second-order valence-corrected chi connectivity index (χ2v) is 4.51. The van der Waals surface area contributed by atoms with Crippen molar-refractivity contribution in [1.29, 1.82) is 0 Å². The van der Waals surface area contributed by atoms with Crippen LogP contribution in [0.15, 0.2) is 12.1 Å². The van der Waals surface area contributed by atoms with Gasteiger partial charge in [-0.3, -0.25) is 0 Å². The molecule has 2 N–H and O–H groups in total. The molecule has 1 aromatic rings. The van der Waals surface area contributed by atoms with Crippen LogP contribution in [0.2, 0.25) is 0 Å². The summed E-state index contributed by atoms with van der Waals surface area (Å²) in [4.78, 5) is 0. The Morgan fingerprint density at radius 2 is 1.50 bits per heavy atom. The summed E-state index contributed by atoms with van der Waals surface area (Å²) in [5.41, 5.74) is 7.24. The van der Waals surface area contributed by atoms with Crippen molar-refractivity contribution in [3.63, 3.8) is 0 Å². The number of hydrogen-bond acceptors (Lipinski definition) is 4. The van der Waals surface area contributed by atoms with Crippen molar-refractivity contribution in [1.82, 2.24) is 0 Å². The first kappa shape index (κ1) is 16.6. The summed E-state index contributed by atoms with van der Waals surface area (Å²) in [5.74, 6) is 2.10. The smallest absolute Gasteiger partial charge is 0.203 e. The molecule has 1 aromatic carbocycles. The molecule has 0 heterocycles. The lowest BCUT2D eigenvalue weighted by Gasteiger charge is -2.21. The summed E-state index contributed by atoms with van der Waals surface area (Å²) >= 11 is 0. The fraction of sp³-hybridized carbons (Fsp3) is 0.625. The largest absolute Gasteiger partial charge is 0.490 e. The molecule has 1 rings (SSSR count). The molecule has 1 atom stereocenters. The maximum atomic E-state index is 6.25. The quantitative estimate of drug-likeness (QED) is 0.750. The van der Waals surface area contributed by atoms with Crippen LogP contribution in [-0.4, -0.2) is 19.8 Å². The van der Waals surface area contributed by atoms with Gasteiger partial charge >= 0.3 is 0 Å². The van der Waals surface area contributed by atoms with Crippen molar-refractivity contribution in [3.8, 4) is 17.2 Å². The molecule has 0 amide bonds. The molecule has 4 nitrogen and oxygen atoms in total. The second-order valence-electron chi connectivity index (χ2n) is 4.51. The molecule has 0 aliphatic rings. The number of nitrogens with two attached hydrogens (primary N) is 1. The molecule has 114 valence electrons. The van der Waals surface area contributed by atoms with Gasteiger partial charge in [-0.25, -0.2) is 0 Å². The van der Waals surface area contributed by atoms with Gasteiger partial charge in [-0.2, -0.15) is 0 Å². The van der Waals surface area contributed by atoms with Crippen molar-refractivity contribution in [3.05, 3.63) is 17.7 Å². The zero-order valence-electron chi connectivity index (χ0n) is 13.1. The van der Waals surface area contributed by atoms with Crippen LogP contribution in [0.4, 0.5) is 0 Å². The Morgan fingerprint density at radius 1 is 0.900 bits per heavy atom. The minimum absolute atomic E-state index is 0.0450. The van der Waals surface area contributed by atoms with Crippen molar-refractivity contribution >= 4 is 0 Å². The summed E-state index contributed by atoms with van der Waals surface area (Å²) < 4.78 is 17.2. The van der Waals surface area contributed by atoms with Gasteiger partial charge in [0, 0.05) is 11.6 Å². The van der Waals surface area contributed by atoms with E-state index in [1.54, 1.807) is 0 Å². The van der Waals surface area contributed by atoms with Crippen molar-refractivity contribution in [2.45, 2.75) is 46.6 Å². The zero-order valence-corrected chi connectivity index (χ0v) is 13.1. The van der Waals surface area contributed by atoms with E-state index in [1.807, 2.05) is 32.9 Å². The summed E-state index contributed by atoms with van der Waals surface area (Å²) in [7, 11) is 0. The minimum Gasteiger partial charge on any atom is -0.490 e. The van der Waals surface area contributed by atoms with E-state index >= 15 is 0 Å². The Morgan fingerprint density at radius 3 is 2.05 bits per heavy atom. The Kier molecular flexibility index (Phi) is 7.23. The van der Waals surface area contributed by atoms with Crippen LogP contribution in [0.25, 0.3) is 0 Å². The minimum atomic E-state index is -0.0450. The molecule has 0 aromatic heterocycles. The predicted molar refractivity (Wildman–Crippen MR) is 81.8 cm³/mol. The molecule has 0 radical (unpaired) electrons. The molecule has 4 heteroatoms. The number of rotatable bonds is 9. The molecular formula is C16H27NO3. The maximum Gasteiger partial charge on any atom is 0.203 e. The molecule has 0 aliphatic heterocycles. The third kappa shape index (κ3) is 4.04. The van der Waals surface area contributed by atoms with Gasteiger partial charge in [-0.1, -0.05) is 13.3 Å². The van der Waals surface area contributed by atoms with Crippen LogP contribution in [0.1, 0.15) is 52.1 Å². The summed E-state index contributed by atoms with van der Waals surface area (Å²) in [6.45, 7) is 9.70. The molecule has 0 saturated carbocycles. The lowest BCUT2D eigenvalue weighted by atomic mass is 10.0. The normalized spacial score (nSPS) is 12.1. The van der Waals surface area contributed by atoms with Crippen LogP contribution in [0, 0.1) is 0 Å². The predicted octanol–water partition coefficient (Wildman–Crippen LogP) is 3.68. The Hall–Kier alpha value is -1.42. The third-order valence-electron chi connectivity index (χ3n) is 2.98. The molecule has 0 aliphatic carbocycles. The molecule has 20 heavy (non-hydrogen) atoms. The summed E-state index contributed by atoms with van der Waals surface area (Å²) in [6, 6.07) is 3.86. The van der Waals surface area contributed by atoms with Crippen LogP contribution >= 0.6 is 0 Å². The average molecular weight is 281 g/mol. The van der Waals surface area contributed by atoms with Crippen molar-refractivity contribution < 1.29 is 14.2 Å². The van der Waals surface area contributed by atoms with Gasteiger partial charge in [0.25, 0.3) is 0 Å². The van der Waals surface area contributed by atoms with Crippen LogP contribution in [0.5, 0.6) is 17.2 Å². The highest BCUT2D eigenvalue weighted by Crippen LogP contribution is 2.43. The fourth-order valence-electron chi connectivity index (χ4n) is 2.16. The van der Waals surface area contributed by atoms with E-state index in [-0.39, 0.29) is 6.04 Å². The van der Waals surface area contributed by atoms with Gasteiger partial charge in [-0.05, 0) is 39.3 Å². The Balaban J connectivity index is 3.26. The topological polar surface area (TPSA) is 53.7 Å². The second kappa shape index (κ2) is 8.69. The van der Waals surface area contributed by atoms with E-state index in [0.717, 1.165) is 24.2 Å².